The Morgan fingerprint density at radius 3 is 2.78 bits per heavy atom. The molecular weight excluding hydrogens is 494 g/mol. The highest BCUT2D eigenvalue weighted by molar-refractivity contribution is 8.02. The van der Waals surface area contributed by atoms with Crippen LogP contribution in [0, 0.1) is 23.7 Å². The van der Waals surface area contributed by atoms with Crippen LogP contribution in [0.15, 0.2) is 24.3 Å². The molecule has 3 aliphatic heterocycles. The van der Waals surface area contributed by atoms with Crippen LogP contribution in [-0.4, -0.2) is 78.1 Å². The molecule has 2 aromatic rings. The molecule has 1 aromatic carbocycles. The maximum atomic E-state index is 14.2. The summed E-state index contributed by atoms with van der Waals surface area (Å²) in [6.07, 6.45) is 1.47. The third-order valence-corrected chi connectivity index (χ3v) is 10.7. The Hall–Kier alpha value is -2.66. The molecule has 3 unspecified atom stereocenters. The molecule has 4 heterocycles. The number of hydrogen-bond donors (Lipinski definition) is 2. The van der Waals surface area contributed by atoms with Gasteiger partial charge in [-0.3, -0.25) is 14.4 Å². The van der Waals surface area contributed by atoms with E-state index in [4.69, 9.17) is 4.74 Å². The second-order valence-corrected chi connectivity index (χ2v) is 12.0. The molecule has 0 radical (unpaired) electrons. The lowest BCUT2D eigenvalue weighted by atomic mass is 9.66. The highest BCUT2D eigenvalue weighted by atomic mass is 32.2. The minimum Gasteiger partial charge on any atom is -0.466 e. The fraction of sp³-hybridized carbons (Fsp3) is 0.654. The summed E-state index contributed by atoms with van der Waals surface area (Å²) in [4.78, 5) is 42.9. The van der Waals surface area contributed by atoms with Crippen molar-refractivity contribution in [3.63, 3.8) is 0 Å². The predicted molar refractivity (Wildman–Crippen MR) is 138 cm³/mol. The third-order valence-electron chi connectivity index (χ3n) is 8.66. The number of nitrogens with zero attached hydrogens (tertiary/aromatic N) is 4. The van der Waals surface area contributed by atoms with Crippen LogP contribution in [0.25, 0.3) is 11.0 Å². The van der Waals surface area contributed by atoms with Crippen LogP contribution >= 0.6 is 11.8 Å². The number of aromatic nitrogens is 3. The minimum atomic E-state index is -0.824. The first-order chi connectivity index (χ1) is 17.8. The van der Waals surface area contributed by atoms with E-state index in [-0.39, 0.29) is 54.8 Å². The molecule has 0 aliphatic carbocycles. The van der Waals surface area contributed by atoms with Crippen molar-refractivity contribution in [3.8, 4) is 0 Å². The summed E-state index contributed by atoms with van der Waals surface area (Å²) in [6, 6.07) is 6.14. The summed E-state index contributed by atoms with van der Waals surface area (Å²) < 4.78 is 6.25. The van der Waals surface area contributed by atoms with Gasteiger partial charge in [-0.2, -0.15) is 0 Å². The number of likely N-dealkylation sites (tertiary alicyclic amines) is 1. The van der Waals surface area contributed by atoms with Gasteiger partial charge in [0.25, 0.3) is 0 Å². The summed E-state index contributed by atoms with van der Waals surface area (Å²) >= 11 is 1.60. The average molecular weight is 530 g/mol. The zero-order valence-electron chi connectivity index (χ0n) is 21.7. The molecule has 3 saturated heterocycles. The van der Waals surface area contributed by atoms with Crippen molar-refractivity contribution in [2.45, 2.75) is 69.3 Å². The van der Waals surface area contributed by atoms with E-state index in [0.717, 1.165) is 23.9 Å². The van der Waals surface area contributed by atoms with E-state index in [9.17, 15) is 19.5 Å². The number of esters is 1. The van der Waals surface area contributed by atoms with Gasteiger partial charge in [0, 0.05) is 5.25 Å². The highest BCUT2D eigenvalue weighted by Gasteiger charge is 2.77. The Labute approximate surface area is 220 Å². The number of amides is 2. The Balaban J connectivity index is 1.52. The van der Waals surface area contributed by atoms with Gasteiger partial charge in [0.1, 0.15) is 18.2 Å². The van der Waals surface area contributed by atoms with Crippen molar-refractivity contribution in [2.75, 3.05) is 13.2 Å². The van der Waals surface area contributed by atoms with Gasteiger partial charge in [-0.05, 0) is 37.3 Å². The smallest absolute Gasteiger partial charge is 0.310 e. The monoisotopic (exact) mass is 529 g/mol. The van der Waals surface area contributed by atoms with Crippen LogP contribution in [0.4, 0.5) is 0 Å². The molecular formula is C26H35N5O5S. The SMILES string of the molecule is CCOC(=O)[C@@H]1[C@@H]2CC(C)C3(S2)C(C(=O)NCn2nnc4ccccc42)N([C@@H](CO)[C@@H](C)CC)C(=O)[C@H]13. The van der Waals surface area contributed by atoms with Gasteiger partial charge in [-0.25, -0.2) is 4.68 Å². The molecule has 37 heavy (non-hydrogen) atoms. The van der Waals surface area contributed by atoms with Gasteiger partial charge >= 0.3 is 5.97 Å². The zero-order chi connectivity index (χ0) is 26.5. The van der Waals surface area contributed by atoms with Gasteiger partial charge in [-0.15, -0.1) is 16.9 Å². The molecule has 2 amide bonds. The van der Waals surface area contributed by atoms with Crippen LogP contribution in [0.2, 0.25) is 0 Å². The maximum Gasteiger partial charge on any atom is 0.310 e. The molecule has 1 aromatic heterocycles. The first-order valence-electron chi connectivity index (χ1n) is 13.1. The van der Waals surface area contributed by atoms with Crippen molar-refractivity contribution in [2.24, 2.45) is 23.7 Å². The molecule has 5 rings (SSSR count). The van der Waals surface area contributed by atoms with E-state index >= 15 is 0 Å². The lowest BCUT2D eigenvalue weighted by Crippen LogP contribution is -2.59. The molecule has 2 N–H and O–H groups in total. The Morgan fingerprint density at radius 1 is 1.32 bits per heavy atom. The van der Waals surface area contributed by atoms with Gasteiger partial charge in [0.05, 0.1) is 41.4 Å². The van der Waals surface area contributed by atoms with Crippen molar-refractivity contribution >= 4 is 40.6 Å². The summed E-state index contributed by atoms with van der Waals surface area (Å²) in [5.74, 6) is -2.15. The molecule has 8 atom stereocenters. The zero-order valence-corrected chi connectivity index (χ0v) is 22.5. The van der Waals surface area contributed by atoms with E-state index in [0.29, 0.717) is 0 Å². The molecule has 3 aliphatic rings. The summed E-state index contributed by atoms with van der Waals surface area (Å²) in [5.41, 5.74) is 1.51. The average Bonchev–Trinajstić information content (AvgIpc) is 3.61. The van der Waals surface area contributed by atoms with Crippen molar-refractivity contribution < 1.29 is 24.2 Å². The number of fused-ring (bicyclic) bond motifs is 2. The van der Waals surface area contributed by atoms with Crippen LogP contribution in [0.5, 0.6) is 0 Å². The fourth-order valence-corrected chi connectivity index (χ4v) is 9.12. The number of hydrogen-bond acceptors (Lipinski definition) is 8. The number of carbonyl (C=O) groups excluding carboxylic acids is 3. The number of nitrogens with one attached hydrogen (secondary N) is 1. The van der Waals surface area contributed by atoms with Gasteiger partial charge in [0.2, 0.25) is 11.8 Å². The Morgan fingerprint density at radius 2 is 2.08 bits per heavy atom. The lowest BCUT2D eigenvalue weighted by Gasteiger charge is -2.41. The summed E-state index contributed by atoms with van der Waals surface area (Å²) in [5, 5.41) is 21.7. The van der Waals surface area contributed by atoms with Crippen LogP contribution in [-0.2, 0) is 25.8 Å². The summed E-state index contributed by atoms with van der Waals surface area (Å²) in [7, 11) is 0. The molecule has 1 spiro atoms. The molecule has 2 bridgehead atoms. The normalized spacial score (nSPS) is 32.0. The number of aliphatic hydroxyl groups is 1. The first-order valence-corrected chi connectivity index (χ1v) is 14.0. The second kappa shape index (κ2) is 9.90. The number of ether oxygens (including phenoxy) is 1. The topological polar surface area (TPSA) is 127 Å². The molecule has 3 fully saturated rings. The first kappa shape index (κ1) is 26.0. The van der Waals surface area contributed by atoms with E-state index in [1.165, 1.54) is 0 Å². The Kier molecular flexibility index (Phi) is 6.95. The minimum absolute atomic E-state index is 0.0303. The Bertz CT molecular complexity index is 1200. The predicted octanol–water partition coefficient (Wildman–Crippen LogP) is 1.81. The number of aliphatic hydroxyl groups excluding tert-OH is 1. The number of thioether (sulfide) groups is 1. The van der Waals surface area contributed by atoms with Crippen molar-refractivity contribution in [1.82, 2.24) is 25.2 Å². The van der Waals surface area contributed by atoms with Crippen molar-refractivity contribution in [3.05, 3.63) is 24.3 Å². The third kappa shape index (κ3) is 3.84. The van der Waals surface area contributed by atoms with E-state index in [1.807, 2.05) is 38.1 Å². The number of para-hydroxylation sites is 1. The maximum absolute atomic E-state index is 14.2. The summed E-state index contributed by atoms with van der Waals surface area (Å²) in [6.45, 7) is 7.88. The van der Waals surface area contributed by atoms with Crippen LogP contribution in [0.3, 0.4) is 0 Å². The standard InChI is InChI=1S/C26H35N5O5S/c1-5-14(3)18(12-32)31-22(23(33)27-13-30-17-10-8-7-9-16(17)28-29-30)26-15(4)11-19(37-26)20(21(26)24(31)34)25(35)36-6-2/h7-10,14-15,18-22,32H,5-6,11-13H2,1-4H3,(H,27,33)/t14-,15?,18-,19-,20+,21-,22?,26?/m0/s1. The quantitative estimate of drug-likeness (QED) is 0.471. The van der Waals surface area contributed by atoms with Gasteiger partial charge < -0.3 is 20.1 Å². The molecule has 11 heteroatoms. The van der Waals surface area contributed by atoms with Gasteiger partial charge in [-0.1, -0.05) is 44.5 Å². The van der Waals surface area contributed by atoms with E-state index in [2.05, 4.69) is 22.6 Å². The molecule has 10 nitrogen and oxygen atoms in total. The van der Waals surface area contributed by atoms with Crippen LogP contribution < -0.4 is 5.32 Å². The van der Waals surface area contributed by atoms with E-state index < -0.39 is 28.7 Å². The van der Waals surface area contributed by atoms with E-state index in [1.54, 1.807) is 28.3 Å². The fourth-order valence-electron chi connectivity index (χ4n) is 6.72. The highest BCUT2D eigenvalue weighted by Crippen LogP contribution is 2.69. The number of rotatable bonds is 9. The van der Waals surface area contributed by atoms with Gasteiger partial charge in [0.15, 0.2) is 0 Å². The molecule has 0 saturated carbocycles. The molecule has 200 valence electrons. The second-order valence-electron chi connectivity index (χ2n) is 10.5. The number of benzene rings is 1. The number of carbonyl (C=O) groups is 3. The van der Waals surface area contributed by atoms with Crippen LogP contribution in [0.1, 0.15) is 40.5 Å². The lowest BCUT2D eigenvalue weighted by molar-refractivity contribution is -0.154. The van der Waals surface area contributed by atoms with Crippen molar-refractivity contribution in [1.29, 1.82) is 0 Å². The largest absolute Gasteiger partial charge is 0.466 e.